The zero-order valence-corrected chi connectivity index (χ0v) is 20.9. The van der Waals surface area contributed by atoms with Crippen LogP contribution >= 0.6 is 23.2 Å². The fourth-order valence-corrected chi connectivity index (χ4v) is 5.45. The number of carboxylic acids is 1. The van der Waals surface area contributed by atoms with Crippen molar-refractivity contribution in [2.75, 3.05) is 16.8 Å². The maximum atomic E-state index is 13.6. The van der Waals surface area contributed by atoms with Gasteiger partial charge in [-0.25, -0.2) is 9.18 Å². The molecule has 0 aromatic heterocycles. The average molecular weight is 539 g/mol. The second kappa shape index (κ2) is 10.00. The number of hydrogen-bond donors (Lipinski definition) is 2. The summed E-state index contributed by atoms with van der Waals surface area (Å²) in [4.78, 5) is 39.4. The van der Waals surface area contributed by atoms with Crippen molar-refractivity contribution in [3.05, 3.63) is 105 Å². The van der Waals surface area contributed by atoms with Crippen molar-refractivity contribution in [1.29, 1.82) is 0 Å². The van der Waals surface area contributed by atoms with Gasteiger partial charge in [-0.15, -0.1) is 0 Å². The normalized spacial score (nSPS) is 18.4. The third-order valence-corrected chi connectivity index (χ3v) is 7.48. The number of hydrogen-bond acceptors (Lipinski definition) is 3. The van der Waals surface area contributed by atoms with Crippen LogP contribution in [0.4, 0.5) is 15.8 Å². The van der Waals surface area contributed by atoms with E-state index in [1.165, 1.54) is 18.2 Å². The Morgan fingerprint density at radius 3 is 2.54 bits per heavy atom. The SMILES string of the molecule is O=C(O)C1=C[C@@H]2c3ccccc3N(C(=O)c3ccc(NC(=O)c4cc(F)ccc4Cl)c(Cl)c3)CCC2C1. The number of fused-ring (bicyclic) bond motifs is 3. The number of carbonyl (C=O) groups excluding carboxylic acids is 2. The van der Waals surface area contributed by atoms with E-state index in [2.05, 4.69) is 5.32 Å². The molecule has 1 aliphatic carbocycles. The molecule has 2 amide bonds. The Kier molecular flexibility index (Phi) is 6.75. The Hall–Kier alpha value is -3.68. The van der Waals surface area contributed by atoms with Crippen LogP contribution in [-0.2, 0) is 4.79 Å². The molecule has 37 heavy (non-hydrogen) atoms. The molecule has 3 aromatic rings. The van der Waals surface area contributed by atoms with Crippen LogP contribution in [0.25, 0.3) is 0 Å². The van der Waals surface area contributed by atoms with Crippen molar-refractivity contribution >= 4 is 52.4 Å². The monoisotopic (exact) mass is 538 g/mol. The van der Waals surface area contributed by atoms with Gasteiger partial charge in [-0.3, -0.25) is 9.59 Å². The Labute approximate surface area is 222 Å². The molecule has 0 spiro atoms. The van der Waals surface area contributed by atoms with Gasteiger partial charge in [-0.05, 0) is 66.8 Å². The summed E-state index contributed by atoms with van der Waals surface area (Å²) in [5.74, 6) is -2.37. The van der Waals surface area contributed by atoms with E-state index in [4.69, 9.17) is 23.2 Å². The fourth-order valence-electron chi connectivity index (χ4n) is 5.02. The summed E-state index contributed by atoms with van der Waals surface area (Å²) in [6.07, 6.45) is 2.92. The van der Waals surface area contributed by atoms with Crippen LogP contribution in [0.5, 0.6) is 0 Å². The first-order chi connectivity index (χ1) is 17.7. The number of nitrogens with one attached hydrogen (secondary N) is 1. The number of para-hydroxylation sites is 1. The standard InChI is InChI=1S/C28H21Cl2FN2O4/c29-22-7-6-18(31)14-21(22)26(34)32-24-8-5-16(13-23(24)30)27(35)33-10-9-15-11-17(28(36)37)12-20(15)19-3-1-2-4-25(19)33/h1-8,12-15,20H,9-11H2,(H,32,34)(H,36,37)/t15?,20-/m0/s1. The Morgan fingerprint density at radius 2 is 1.78 bits per heavy atom. The number of amides is 2. The van der Waals surface area contributed by atoms with Gasteiger partial charge in [-0.2, -0.15) is 0 Å². The molecule has 0 saturated heterocycles. The van der Waals surface area contributed by atoms with Gasteiger partial charge in [0.15, 0.2) is 0 Å². The lowest BCUT2D eigenvalue weighted by Crippen LogP contribution is -2.32. The highest BCUT2D eigenvalue weighted by molar-refractivity contribution is 6.36. The zero-order chi connectivity index (χ0) is 26.3. The van der Waals surface area contributed by atoms with Gasteiger partial charge in [-0.1, -0.05) is 47.5 Å². The highest BCUT2D eigenvalue weighted by atomic mass is 35.5. The van der Waals surface area contributed by atoms with Gasteiger partial charge in [0.1, 0.15) is 5.82 Å². The molecule has 5 rings (SSSR count). The van der Waals surface area contributed by atoms with Gasteiger partial charge < -0.3 is 15.3 Å². The molecule has 6 nitrogen and oxygen atoms in total. The first kappa shape index (κ1) is 25.0. The number of aliphatic carboxylic acids is 1. The van der Waals surface area contributed by atoms with Crippen LogP contribution < -0.4 is 10.2 Å². The zero-order valence-electron chi connectivity index (χ0n) is 19.4. The van der Waals surface area contributed by atoms with E-state index in [9.17, 15) is 23.9 Å². The maximum Gasteiger partial charge on any atom is 0.331 e. The Morgan fingerprint density at radius 1 is 1.00 bits per heavy atom. The topological polar surface area (TPSA) is 86.7 Å². The molecule has 2 aliphatic rings. The van der Waals surface area contributed by atoms with Crippen LogP contribution in [-0.4, -0.2) is 29.4 Å². The van der Waals surface area contributed by atoms with Gasteiger partial charge in [0.25, 0.3) is 11.8 Å². The number of carbonyl (C=O) groups is 3. The maximum absolute atomic E-state index is 13.6. The lowest BCUT2D eigenvalue weighted by Gasteiger charge is -2.24. The molecule has 2 atom stereocenters. The smallest absolute Gasteiger partial charge is 0.331 e. The molecule has 188 valence electrons. The van der Waals surface area contributed by atoms with Crippen molar-refractivity contribution in [2.24, 2.45) is 5.92 Å². The number of nitrogens with zero attached hydrogens (tertiary/aromatic N) is 1. The summed E-state index contributed by atoms with van der Waals surface area (Å²) >= 11 is 12.4. The molecule has 0 saturated carbocycles. The first-order valence-electron chi connectivity index (χ1n) is 11.6. The molecule has 2 N–H and O–H groups in total. The van der Waals surface area contributed by atoms with E-state index in [1.54, 1.807) is 17.0 Å². The van der Waals surface area contributed by atoms with Crippen molar-refractivity contribution < 1.29 is 23.9 Å². The summed E-state index contributed by atoms with van der Waals surface area (Å²) in [5, 5.41) is 12.3. The molecular formula is C28H21Cl2FN2O4. The van der Waals surface area contributed by atoms with E-state index in [0.29, 0.717) is 30.5 Å². The van der Waals surface area contributed by atoms with E-state index in [-0.39, 0.29) is 39.0 Å². The van der Waals surface area contributed by atoms with Crippen molar-refractivity contribution in [3.8, 4) is 0 Å². The van der Waals surface area contributed by atoms with Gasteiger partial charge in [0, 0.05) is 29.3 Å². The summed E-state index contributed by atoms with van der Waals surface area (Å²) < 4.78 is 13.6. The summed E-state index contributed by atoms with van der Waals surface area (Å²) in [6.45, 7) is 0.423. The molecule has 1 unspecified atom stereocenters. The van der Waals surface area contributed by atoms with Crippen LogP contribution in [0.15, 0.2) is 72.3 Å². The molecule has 9 heteroatoms. The number of halogens is 3. The second-order valence-electron chi connectivity index (χ2n) is 9.06. The van der Waals surface area contributed by atoms with Gasteiger partial charge in [0.2, 0.25) is 0 Å². The van der Waals surface area contributed by atoms with Crippen molar-refractivity contribution in [2.45, 2.75) is 18.8 Å². The minimum Gasteiger partial charge on any atom is -0.478 e. The molecule has 1 heterocycles. The molecule has 0 bridgehead atoms. The molecular weight excluding hydrogens is 518 g/mol. The molecule has 3 aromatic carbocycles. The van der Waals surface area contributed by atoms with Gasteiger partial charge >= 0.3 is 5.97 Å². The summed E-state index contributed by atoms with van der Waals surface area (Å²) in [6, 6.07) is 15.6. The lowest BCUT2D eigenvalue weighted by atomic mass is 9.87. The van der Waals surface area contributed by atoms with Crippen molar-refractivity contribution in [1.82, 2.24) is 0 Å². The van der Waals surface area contributed by atoms with Crippen LogP contribution in [0.2, 0.25) is 10.0 Å². The highest BCUT2D eigenvalue weighted by Crippen LogP contribution is 2.46. The molecule has 0 fully saturated rings. The minimum atomic E-state index is -0.903. The Balaban J connectivity index is 1.40. The lowest BCUT2D eigenvalue weighted by molar-refractivity contribution is -0.132. The quantitative estimate of drug-likeness (QED) is 0.394. The highest BCUT2D eigenvalue weighted by Gasteiger charge is 2.37. The minimum absolute atomic E-state index is 0.0373. The van der Waals surface area contributed by atoms with Gasteiger partial charge in [0.05, 0.1) is 21.3 Å². The van der Waals surface area contributed by atoms with E-state index in [1.807, 2.05) is 24.3 Å². The van der Waals surface area contributed by atoms with Crippen LogP contribution in [0.3, 0.4) is 0 Å². The first-order valence-corrected chi connectivity index (χ1v) is 12.4. The predicted molar refractivity (Wildman–Crippen MR) is 140 cm³/mol. The predicted octanol–water partition coefficient (Wildman–Crippen LogP) is 6.55. The van der Waals surface area contributed by atoms with E-state index in [0.717, 1.165) is 23.4 Å². The summed E-state index contributed by atoms with van der Waals surface area (Å²) in [5.41, 5.74) is 2.60. The number of carboxylic acid groups (broad SMARTS) is 1. The molecule has 1 aliphatic heterocycles. The number of anilines is 2. The fraction of sp³-hybridized carbons (Fsp3) is 0.179. The van der Waals surface area contributed by atoms with Crippen molar-refractivity contribution in [3.63, 3.8) is 0 Å². The number of rotatable bonds is 4. The van der Waals surface area contributed by atoms with Crippen LogP contribution in [0.1, 0.15) is 45.0 Å². The number of allylic oxidation sites excluding steroid dienone is 1. The van der Waals surface area contributed by atoms with E-state index < -0.39 is 17.7 Å². The molecule has 0 radical (unpaired) electrons. The summed E-state index contributed by atoms with van der Waals surface area (Å²) in [7, 11) is 0. The average Bonchev–Trinajstić information content (AvgIpc) is 3.25. The number of benzene rings is 3. The van der Waals surface area contributed by atoms with E-state index >= 15 is 0 Å². The second-order valence-corrected chi connectivity index (χ2v) is 9.88. The third kappa shape index (κ3) is 4.84. The van der Waals surface area contributed by atoms with Crippen LogP contribution in [0, 0.1) is 11.7 Å². The third-order valence-electron chi connectivity index (χ3n) is 6.84. The Bertz CT molecular complexity index is 1470. The largest absolute Gasteiger partial charge is 0.478 e.